The topological polar surface area (TPSA) is 63.8 Å². The highest BCUT2D eigenvalue weighted by Gasteiger charge is 2.13. The summed E-state index contributed by atoms with van der Waals surface area (Å²) >= 11 is 6.09. The quantitative estimate of drug-likeness (QED) is 0.641. The van der Waals surface area contributed by atoms with Crippen LogP contribution in [0.4, 0.5) is 0 Å². The Morgan fingerprint density at radius 1 is 1.18 bits per heavy atom. The minimum Gasteiger partial charge on any atom is -0.271 e. The predicted octanol–water partition coefficient (Wildman–Crippen LogP) is 1.88. The average molecular weight is 249 g/mol. The van der Waals surface area contributed by atoms with Crippen molar-refractivity contribution in [3.63, 3.8) is 0 Å². The van der Waals surface area contributed by atoms with E-state index in [4.69, 9.17) is 17.4 Å². The number of rotatable bonds is 4. The van der Waals surface area contributed by atoms with Gasteiger partial charge in [0.1, 0.15) is 0 Å². The van der Waals surface area contributed by atoms with E-state index in [1.165, 1.54) is 0 Å². The minimum absolute atomic E-state index is 0.0344. The maximum Gasteiger partial charge on any atom is 0.0637 e. The van der Waals surface area contributed by atoms with Crippen LogP contribution in [-0.2, 0) is 6.42 Å². The third-order valence-corrected chi connectivity index (χ3v) is 2.89. The van der Waals surface area contributed by atoms with Gasteiger partial charge in [-0.3, -0.25) is 21.2 Å². The van der Waals surface area contributed by atoms with Crippen LogP contribution in [0, 0.1) is 0 Å². The smallest absolute Gasteiger partial charge is 0.0637 e. The van der Waals surface area contributed by atoms with Crippen molar-refractivity contribution in [3.8, 4) is 0 Å². The zero-order valence-electron chi connectivity index (χ0n) is 9.18. The van der Waals surface area contributed by atoms with Gasteiger partial charge in [0.05, 0.1) is 11.1 Å². The summed E-state index contributed by atoms with van der Waals surface area (Å²) in [6.07, 6.45) is 7.60. The first-order valence-corrected chi connectivity index (χ1v) is 5.63. The fourth-order valence-electron chi connectivity index (χ4n) is 1.68. The van der Waals surface area contributed by atoms with E-state index in [2.05, 4.69) is 15.4 Å². The summed E-state index contributed by atoms with van der Waals surface area (Å²) in [6.45, 7) is 0. The molecule has 88 valence electrons. The van der Waals surface area contributed by atoms with Crippen LogP contribution in [0.3, 0.4) is 0 Å². The van der Waals surface area contributed by atoms with Gasteiger partial charge < -0.3 is 0 Å². The molecule has 2 aromatic rings. The van der Waals surface area contributed by atoms with E-state index in [0.29, 0.717) is 5.02 Å². The number of hydrogen-bond donors (Lipinski definition) is 2. The number of nitrogens with two attached hydrogens (primary N) is 1. The van der Waals surface area contributed by atoms with Crippen LogP contribution < -0.4 is 11.3 Å². The highest BCUT2D eigenvalue weighted by molar-refractivity contribution is 6.31. The van der Waals surface area contributed by atoms with Gasteiger partial charge in [0.25, 0.3) is 0 Å². The molecular weight excluding hydrogens is 236 g/mol. The van der Waals surface area contributed by atoms with Crippen LogP contribution in [0.5, 0.6) is 0 Å². The summed E-state index contributed by atoms with van der Waals surface area (Å²) in [7, 11) is 0. The number of nitrogens with zero attached hydrogens (tertiary/aromatic N) is 2. The fraction of sp³-hybridized carbons (Fsp3) is 0.167. The molecule has 0 aliphatic rings. The van der Waals surface area contributed by atoms with E-state index in [-0.39, 0.29) is 6.04 Å². The van der Waals surface area contributed by atoms with Crippen molar-refractivity contribution in [2.75, 3.05) is 0 Å². The standard InChI is InChI=1S/C12H13ClN4/c13-11-8-16-6-3-10(11)12(17-14)7-9-1-4-15-5-2-9/h1-6,8,12,17H,7,14H2. The van der Waals surface area contributed by atoms with E-state index in [0.717, 1.165) is 17.5 Å². The van der Waals surface area contributed by atoms with Crippen LogP contribution in [0.1, 0.15) is 17.2 Å². The summed E-state index contributed by atoms with van der Waals surface area (Å²) in [4.78, 5) is 7.94. The Morgan fingerprint density at radius 2 is 1.88 bits per heavy atom. The molecular formula is C12H13ClN4. The molecule has 0 aliphatic heterocycles. The summed E-state index contributed by atoms with van der Waals surface area (Å²) in [5.41, 5.74) is 4.87. The second-order valence-electron chi connectivity index (χ2n) is 3.68. The molecule has 1 atom stereocenters. The molecule has 0 saturated heterocycles. The first-order chi connectivity index (χ1) is 8.31. The van der Waals surface area contributed by atoms with E-state index < -0.39 is 0 Å². The number of hydrazine groups is 1. The molecule has 0 aromatic carbocycles. The van der Waals surface area contributed by atoms with Crippen LogP contribution in [-0.4, -0.2) is 9.97 Å². The second-order valence-corrected chi connectivity index (χ2v) is 4.08. The minimum atomic E-state index is -0.0344. The predicted molar refractivity (Wildman–Crippen MR) is 67.3 cm³/mol. The number of hydrogen-bond acceptors (Lipinski definition) is 4. The molecule has 2 rings (SSSR count). The molecule has 0 fully saturated rings. The Kier molecular flexibility index (Phi) is 4.03. The molecule has 0 bridgehead atoms. The van der Waals surface area contributed by atoms with Crippen molar-refractivity contribution in [1.29, 1.82) is 0 Å². The third kappa shape index (κ3) is 3.00. The molecule has 0 amide bonds. The molecule has 2 heterocycles. The third-order valence-electron chi connectivity index (χ3n) is 2.57. The van der Waals surface area contributed by atoms with Crippen LogP contribution in [0.2, 0.25) is 5.02 Å². The Morgan fingerprint density at radius 3 is 2.53 bits per heavy atom. The SMILES string of the molecule is NNC(Cc1ccncc1)c1ccncc1Cl. The van der Waals surface area contributed by atoms with Crippen LogP contribution in [0.25, 0.3) is 0 Å². The maximum atomic E-state index is 6.09. The van der Waals surface area contributed by atoms with Gasteiger partial charge in [-0.25, -0.2) is 0 Å². The second kappa shape index (κ2) is 5.72. The summed E-state index contributed by atoms with van der Waals surface area (Å²) in [6, 6.07) is 5.75. The van der Waals surface area contributed by atoms with Gasteiger partial charge in [-0.2, -0.15) is 0 Å². The van der Waals surface area contributed by atoms with Crippen molar-refractivity contribution in [2.24, 2.45) is 5.84 Å². The molecule has 5 heteroatoms. The number of nitrogens with one attached hydrogen (secondary N) is 1. The van der Waals surface area contributed by atoms with E-state index >= 15 is 0 Å². The highest BCUT2D eigenvalue weighted by Crippen LogP contribution is 2.23. The zero-order valence-corrected chi connectivity index (χ0v) is 9.93. The van der Waals surface area contributed by atoms with E-state index in [9.17, 15) is 0 Å². The number of halogens is 1. The lowest BCUT2D eigenvalue weighted by molar-refractivity contribution is 0.551. The van der Waals surface area contributed by atoms with Gasteiger partial charge in [-0.1, -0.05) is 11.6 Å². The lowest BCUT2D eigenvalue weighted by atomic mass is 10.0. The van der Waals surface area contributed by atoms with Crippen molar-refractivity contribution in [1.82, 2.24) is 15.4 Å². The molecule has 1 unspecified atom stereocenters. The summed E-state index contributed by atoms with van der Waals surface area (Å²) in [5, 5.41) is 0.615. The van der Waals surface area contributed by atoms with Crippen molar-refractivity contribution in [3.05, 3.63) is 59.1 Å². The molecule has 0 radical (unpaired) electrons. The first kappa shape index (κ1) is 12.0. The molecule has 2 aromatic heterocycles. The maximum absolute atomic E-state index is 6.09. The highest BCUT2D eigenvalue weighted by atomic mass is 35.5. The van der Waals surface area contributed by atoms with Gasteiger partial charge in [0.15, 0.2) is 0 Å². The van der Waals surface area contributed by atoms with Crippen molar-refractivity contribution >= 4 is 11.6 Å². The summed E-state index contributed by atoms with van der Waals surface area (Å²) in [5.74, 6) is 5.58. The zero-order chi connectivity index (χ0) is 12.1. The first-order valence-electron chi connectivity index (χ1n) is 5.25. The van der Waals surface area contributed by atoms with Gasteiger partial charge >= 0.3 is 0 Å². The lowest BCUT2D eigenvalue weighted by Gasteiger charge is -2.17. The van der Waals surface area contributed by atoms with Gasteiger partial charge in [-0.15, -0.1) is 0 Å². The Balaban J connectivity index is 2.21. The van der Waals surface area contributed by atoms with Gasteiger partial charge in [0.2, 0.25) is 0 Å². The van der Waals surface area contributed by atoms with Crippen LogP contribution in [0.15, 0.2) is 43.0 Å². The average Bonchev–Trinajstić information content (AvgIpc) is 2.38. The number of aromatic nitrogens is 2. The molecule has 3 N–H and O–H groups in total. The monoisotopic (exact) mass is 248 g/mol. The Bertz CT molecular complexity index is 475. The Hall–Kier alpha value is -1.49. The Labute approximate surface area is 105 Å². The van der Waals surface area contributed by atoms with Crippen molar-refractivity contribution < 1.29 is 0 Å². The van der Waals surface area contributed by atoms with Crippen LogP contribution >= 0.6 is 11.6 Å². The molecule has 17 heavy (non-hydrogen) atoms. The normalized spacial score (nSPS) is 12.4. The van der Waals surface area contributed by atoms with E-state index in [1.54, 1.807) is 24.8 Å². The van der Waals surface area contributed by atoms with Crippen molar-refractivity contribution in [2.45, 2.75) is 12.5 Å². The molecule has 0 aliphatic carbocycles. The summed E-state index contributed by atoms with van der Waals surface area (Å²) < 4.78 is 0. The van der Waals surface area contributed by atoms with Gasteiger partial charge in [-0.05, 0) is 35.7 Å². The van der Waals surface area contributed by atoms with E-state index in [1.807, 2.05) is 18.2 Å². The fourth-order valence-corrected chi connectivity index (χ4v) is 1.93. The molecule has 0 saturated carbocycles. The lowest BCUT2D eigenvalue weighted by Crippen LogP contribution is -2.29. The largest absolute Gasteiger partial charge is 0.271 e. The molecule has 0 spiro atoms. The van der Waals surface area contributed by atoms with Gasteiger partial charge in [0, 0.05) is 24.8 Å². The molecule has 4 nitrogen and oxygen atoms in total. The number of pyridine rings is 2.